The summed E-state index contributed by atoms with van der Waals surface area (Å²) in [5, 5.41) is 12.1. The van der Waals surface area contributed by atoms with Crippen molar-refractivity contribution in [2.45, 2.75) is 32.2 Å². The van der Waals surface area contributed by atoms with E-state index in [1.165, 1.54) is 5.56 Å². The quantitative estimate of drug-likeness (QED) is 0.777. The molecule has 2 rings (SSSR count). The minimum atomic E-state index is -0.771. The lowest BCUT2D eigenvalue weighted by molar-refractivity contribution is -0.136. The lowest BCUT2D eigenvalue weighted by Crippen LogP contribution is -2.22. The number of rotatable bonds is 2. The van der Waals surface area contributed by atoms with E-state index >= 15 is 0 Å². The highest BCUT2D eigenvalue weighted by Crippen LogP contribution is 2.25. The number of carboxylic acids is 1. The van der Waals surface area contributed by atoms with E-state index in [0.29, 0.717) is 6.04 Å². The summed E-state index contributed by atoms with van der Waals surface area (Å²) < 4.78 is 0. The van der Waals surface area contributed by atoms with Gasteiger partial charge in [0.15, 0.2) is 0 Å². The average molecular weight is 205 g/mol. The number of aryl methyl sites for hydroxylation is 1. The smallest absolute Gasteiger partial charge is 0.307 e. The van der Waals surface area contributed by atoms with Crippen LogP contribution in [-0.4, -0.2) is 17.1 Å². The maximum absolute atomic E-state index is 10.6. The summed E-state index contributed by atoms with van der Waals surface area (Å²) in [6, 6.07) is 6.40. The third-order valence-corrected chi connectivity index (χ3v) is 2.77. The van der Waals surface area contributed by atoms with Crippen molar-refractivity contribution < 1.29 is 9.90 Å². The molecule has 0 saturated heterocycles. The van der Waals surface area contributed by atoms with E-state index in [1.54, 1.807) is 0 Å². The van der Waals surface area contributed by atoms with E-state index < -0.39 is 5.97 Å². The second kappa shape index (κ2) is 3.93. The molecular weight excluding hydrogens is 190 g/mol. The van der Waals surface area contributed by atoms with Gasteiger partial charge in [-0.15, -0.1) is 0 Å². The van der Waals surface area contributed by atoms with E-state index in [0.717, 1.165) is 24.1 Å². The molecule has 1 unspecified atom stereocenters. The lowest BCUT2D eigenvalue weighted by atomic mass is 9.96. The normalized spacial score (nSPS) is 19.1. The Morgan fingerprint density at radius 3 is 3.13 bits per heavy atom. The van der Waals surface area contributed by atoms with E-state index in [-0.39, 0.29) is 6.42 Å². The summed E-state index contributed by atoms with van der Waals surface area (Å²) in [6.07, 6.45) is 2.27. The molecule has 2 N–H and O–H groups in total. The molecule has 3 heteroatoms. The molecule has 0 saturated carbocycles. The Kier molecular flexibility index (Phi) is 2.62. The molecule has 3 nitrogen and oxygen atoms in total. The summed E-state index contributed by atoms with van der Waals surface area (Å²) in [5.74, 6) is -0.771. The first-order valence-corrected chi connectivity index (χ1v) is 5.25. The molecular formula is C12H15NO2. The van der Waals surface area contributed by atoms with Crippen molar-refractivity contribution >= 4 is 11.7 Å². The standard InChI is InChI=1S/C12H15NO2/c1-8-2-4-10-6-9(7-12(14)15)3-5-11(10)13-8/h3,5-6,8,13H,2,4,7H2,1H3,(H,14,15). The molecule has 1 aromatic rings. The number of aliphatic carboxylic acids is 1. The van der Waals surface area contributed by atoms with Gasteiger partial charge in [0.1, 0.15) is 0 Å². The van der Waals surface area contributed by atoms with Crippen LogP contribution in [0.4, 0.5) is 5.69 Å². The molecule has 0 bridgehead atoms. The van der Waals surface area contributed by atoms with E-state index in [2.05, 4.69) is 12.2 Å². The molecule has 0 amide bonds. The van der Waals surface area contributed by atoms with Crippen LogP contribution in [-0.2, 0) is 17.6 Å². The van der Waals surface area contributed by atoms with Gasteiger partial charge in [0.05, 0.1) is 6.42 Å². The summed E-state index contributed by atoms with van der Waals surface area (Å²) in [7, 11) is 0. The van der Waals surface area contributed by atoms with Gasteiger partial charge in [0, 0.05) is 11.7 Å². The van der Waals surface area contributed by atoms with Crippen LogP contribution in [0.25, 0.3) is 0 Å². The zero-order valence-corrected chi connectivity index (χ0v) is 8.79. The van der Waals surface area contributed by atoms with Crippen molar-refractivity contribution in [3.05, 3.63) is 29.3 Å². The number of hydrogen-bond donors (Lipinski definition) is 2. The van der Waals surface area contributed by atoms with Crippen molar-refractivity contribution in [1.29, 1.82) is 0 Å². The number of carboxylic acid groups (broad SMARTS) is 1. The third kappa shape index (κ3) is 2.29. The molecule has 0 aliphatic carbocycles. The Hall–Kier alpha value is -1.51. The summed E-state index contributed by atoms with van der Waals surface area (Å²) >= 11 is 0. The summed E-state index contributed by atoms with van der Waals surface area (Å²) in [4.78, 5) is 10.6. The molecule has 80 valence electrons. The molecule has 0 radical (unpaired) electrons. The topological polar surface area (TPSA) is 49.3 Å². The number of benzene rings is 1. The first kappa shape index (κ1) is 10.0. The lowest BCUT2D eigenvalue weighted by Gasteiger charge is -2.24. The Morgan fingerprint density at radius 2 is 2.40 bits per heavy atom. The molecule has 1 aromatic carbocycles. The highest BCUT2D eigenvalue weighted by Gasteiger charge is 2.14. The fourth-order valence-electron chi connectivity index (χ4n) is 1.99. The highest BCUT2D eigenvalue weighted by atomic mass is 16.4. The predicted molar refractivity (Wildman–Crippen MR) is 59.2 cm³/mol. The highest BCUT2D eigenvalue weighted by molar-refractivity contribution is 5.71. The fraction of sp³-hybridized carbons (Fsp3) is 0.417. The minimum Gasteiger partial charge on any atom is -0.481 e. The van der Waals surface area contributed by atoms with Crippen molar-refractivity contribution in [2.75, 3.05) is 5.32 Å². The maximum Gasteiger partial charge on any atom is 0.307 e. The molecule has 15 heavy (non-hydrogen) atoms. The first-order chi connectivity index (χ1) is 7.15. The van der Waals surface area contributed by atoms with Crippen molar-refractivity contribution in [3.8, 4) is 0 Å². The van der Waals surface area contributed by atoms with Crippen molar-refractivity contribution in [1.82, 2.24) is 0 Å². The van der Waals surface area contributed by atoms with Gasteiger partial charge in [0.25, 0.3) is 0 Å². The van der Waals surface area contributed by atoms with E-state index in [1.807, 2.05) is 18.2 Å². The van der Waals surface area contributed by atoms with Gasteiger partial charge >= 0.3 is 5.97 Å². The Morgan fingerprint density at radius 1 is 1.60 bits per heavy atom. The molecule has 0 aromatic heterocycles. The monoisotopic (exact) mass is 205 g/mol. The van der Waals surface area contributed by atoms with Crippen LogP contribution in [0, 0.1) is 0 Å². The number of nitrogens with one attached hydrogen (secondary N) is 1. The number of hydrogen-bond acceptors (Lipinski definition) is 2. The third-order valence-electron chi connectivity index (χ3n) is 2.77. The zero-order chi connectivity index (χ0) is 10.8. The van der Waals surface area contributed by atoms with Gasteiger partial charge in [-0.1, -0.05) is 12.1 Å². The Labute approximate surface area is 89.1 Å². The van der Waals surface area contributed by atoms with Gasteiger partial charge in [-0.25, -0.2) is 0 Å². The molecule has 1 atom stereocenters. The van der Waals surface area contributed by atoms with Crippen LogP contribution in [0.3, 0.4) is 0 Å². The molecule has 1 heterocycles. The van der Waals surface area contributed by atoms with E-state index in [4.69, 9.17) is 5.11 Å². The maximum atomic E-state index is 10.6. The van der Waals surface area contributed by atoms with Crippen LogP contribution < -0.4 is 5.32 Å². The number of carbonyl (C=O) groups is 1. The number of fused-ring (bicyclic) bond motifs is 1. The van der Waals surface area contributed by atoms with Crippen LogP contribution in [0.15, 0.2) is 18.2 Å². The minimum absolute atomic E-state index is 0.114. The summed E-state index contributed by atoms with van der Waals surface area (Å²) in [5.41, 5.74) is 3.28. The fourth-order valence-corrected chi connectivity index (χ4v) is 1.99. The van der Waals surface area contributed by atoms with Crippen molar-refractivity contribution in [2.24, 2.45) is 0 Å². The Balaban J connectivity index is 2.23. The molecule has 0 spiro atoms. The Bertz CT molecular complexity index is 387. The SMILES string of the molecule is CC1CCc2cc(CC(=O)O)ccc2N1. The first-order valence-electron chi connectivity index (χ1n) is 5.25. The summed E-state index contributed by atoms with van der Waals surface area (Å²) in [6.45, 7) is 2.16. The average Bonchev–Trinajstić information content (AvgIpc) is 2.17. The molecule has 1 aliphatic heterocycles. The van der Waals surface area contributed by atoms with Gasteiger partial charge < -0.3 is 10.4 Å². The van der Waals surface area contributed by atoms with Crippen LogP contribution in [0.2, 0.25) is 0 Å². The van der Waals surface area contributed by atoms with Gasteiger partial charge in [-0.05, 0) is 37.0 Å². The van der Waals surface area contributed by atoms with Crippen LogP contribution in [0.1, 0.15) is 24.5 Å². The predicted octanol–water partition coefficient (Wildman–Crippen LogP) is 2.06. The second-order valence-corrected chi connectivity index (χ2v) is 4.15. The van der Waals surface area contributed by atoms with Gasteiger partial charge in [-0.3, -0.25) is 4.79 Å². The molecule has 1 aliphatic rings. The molecule has 0 fully saturated rings. The second-order valence-electron chi connectivity index (χ2n) is 4.15. The van der Waals surface area contributed by atoms with Crippen LogP contribution >= 0.6 is 0 Å². The zero-order valence-electron chi connectivity index (χ0n) is 8.79. The van der Waals surface area contributed by atoms with Gasteiger partial charge in [-0.2, -0.15) is 0 Å². The van der Waals surface area contributed by atoms with E-state index in [9.17, 15) is 4.79 Å². The number of anilines is 1. The largest absolute Gasteiger partial charge is 0.481 e. The van der Waals surface area contributed by atoms with Crippen molar-refractivity contribution in [3.63, 3.8) is 0 Å². The van der Waals surface area contributed by atoms with Crippen LogP contribution in [0.5, 0.6) is 0 Å². The van der Waals surface area contributed by atoms with Gasteiger partial charge in [0.2, 0.25) is 0 Å².